The standard InChI is InChI=1S/C7H14O2S/c1-5-10-6(8)9-7(2,3)4/h5H2,1-4H3. The van der Waals surface area contributed by atoms with Crippen LogP contribution in [0.4, 0.5) is 4.79 Å². The van der Waals surface area contributed by atoms with E-state index >= 15 is 0 Å². The highest BCUT2D eigenvalue weighted by Gasteiger charge is 2.15. The molecule has 3 heteroatoms. The molecule has 0 spiro atoms. The first-order valence-electron chi connectivity index (χ1n) is 3.31. The number of ether oxygens (including phenoxy) is 1. The zero-order chi connectivity index (χ0) is 8.20. The van der Waals surface area contributed by atoms with Crippen LogP contribution >= 0.6 is 11.8 Å². The summed E-state index contributed by atoms with van der Waals surface area (Å²) in [5.41, 5.74) is -0.348. The minimum absolute atomic E-state index is 0.185. The minimum Gasteiger partial charge on any atom is -0.452 e. The topological polar surface area (TPSA) is 26.3 Å². The smallest absolute Gasteiger partial charge is 0.367 e. The molecule has 0 aromatic rings. The van der Waals surface area contributed by atoms with Crippen molar-refractivity contribution in [1.29, 1.82) is 0 Å². The molecule has 2 nitrogen and oxygen atoms in total. The first-order chi connectivity index (χ1) is 4.45. The van der Waals surface area contributed by atoms with Crippen LogP contribution in [0.5, 0.6) is 0 Å². The molecule has 0 heterocycles. The Balaban J connectivity index is 3.58. The number of carbonyl (C=O) groups excluding carboxylic acids is 1. The van der Waals surface area contributed by atoms with Crippen molar-refractivity contribution in [2.75, 3.05) is 5.75 Å². The first-order valence-corrected chi connectivity index (χ1v) is 4.30. The molecule has 0 fully saturated rings. The fourth-order valence-corrected chi connectivity index (χ4v) is 0.942. The Morgan fingerprint density at radius 3 is 2.30 bits per heavy atom. The second kappa shape index (κ2) is 3.86. The van der Waals surface area contributed by atoms with Crippen LogP contribution in [0.15, 0.2) is 0 Å². The van der Waals surface area contributed by atoms with E-state index in [2.05, 4.69) is 0 Å². The molecule has 0 amide bonds. The van der Waals surface area contributed by atoms with E-state index in [0.29, 0.717) is 0 Å². The zero-order valence-electron chi connectivity index (χ0n) is 6.93. The molecule has 60 valence electrons. The van der Waals surface area contributed by atoms with Crippen LogP contribution in [0.3, 0.4) is 0 Å². The van der Waals surface area contributed by atoms with E-state index in [1.54, 1.807) is 0 Å². The van der Waals surface area contributed by atoms with E-state index in [1.165, 1.54) is 11.8 Å². The summed E-state index contributed by atoms with van der Waals surface area (Å²) in [5.74, 6) is 0.773. The van der Waals surface area contributed by atoms with Gasteiger partial charge >= 0.3 is 5.30 Å². The Kier molecular flexibility index (Phi) is 3.79. The summed E-state index contributed by atoms with van der Waals surface area (Å²) in [6.07, 6.45) is 0. The van der Waals surface area contributed by atoms with Crippen LogP contribution in [-0.4, -0.2) is 16.7 Å². The number of thioether (sulfide) groups is 1. The third-order valence-corrected chi connectivity index (χ3v) is 1.26. The molecule has 0 rings (SSSR count). The average molecular weight is 162 g/mol. The van der Waals surface area contributed by atoms with Crippen LogP contribution < -0.4 is 0 Å². The van der Waals surface area contributed by atoms with E-state index < -0.39 is 0 Å². The van der Waals surface area contributed by atoms with Gasteiger partial charge in [0.25, 0.3) is 0 Å². The average Bonchev–Trinajstić information content (AvgIpc) is 1.59. The number of hydrogen-bond acceptors (Lipinski definition) is 3. The van der Waals surface area contributed by atoms with Crippen molar-refractivity contribution in [2.45, 2.75) is 33.3 Å². The highest BCUT2D eigenvalue weighted by Crippen LogP contribution is 2.13. The van der Waals surface area contributed by atoms with Gasteiger partial charge in [-0.25, -0.2) is 4.79 Å². The molecule has 0 aliphatic rings. The van der Waals surface area contributed by atoms with E-state index in [9.17, 15) is 4.79 Å². The lowest BCUT2D eigenvalue weighted by molar-refractivity contribution is 0.0738. The second-order valence-corrected chi connectivity index (χ2v) is 4.10. The van der Waals surface area contributed by atoms with Gasteiger partial charge in [0.05, 0.1) is 0 Å². The Hall–Kier alpha value is -0.180. The van der Waals surface area contributed by atoms with Gasteiger partial charge in [-0.05, 0) is 32.5 Å². The largest absolute Gasteiger partial charge is 0.452 e. The fourth-order valence-electron chi connectivity index (χ4n) is 0.397. The van der Waals surface area contributed by atoms with Crippen LogP contribution in [0.1, 0.15) is 27.7 Å². The third kappa shape index (κ3) is 5.95. The quantitative estimate of drug-likeness (QED) is 0.554. The summed E-state index contributed by atoms with van der Waals surface area (Å²) < 4.78 is 5.00. The Labute approximate surface area is 66.3 Å². The number of hydrogen-bond donors (Lipinski definition) is 0. The van der Waals surface area contributed by atoms with Gasteiger partial charge < -0.3 is 4.74 Å². The van der Waals surface area contributed by atoms with Gasteiger partial charge in [-0.15, -0.1) is 0 Å². The molecule has 0 aliphatic carbocycles. The van der Waals surface area contributed by atoms with Gasteiger partial charge in [-0.3, -0.25) is 0 Å². The van der Waals surface area contributed by atoms with Crippen molar-refractivity contribution < 1.29 is 9.53 Å². The first kappa shape index (κ1) is 9.82. The number of carbonyl (C=O) groups is 1. The molecule has 0 saturated carbocycles. The molecule has 0 radical (unpaired) electrons. The SMILES string of the molecule is CCSC(=O)OC(C)(C)C. The fraction of sp³-hybridized carbons (Fsp3) is 0.857. The van der Waals surface area contributed by atoms with E-state index in [-0.39, 0.29) is 10.9 Å². The summed E-state index contributed by atoms with van der Waals surface area (Å²) in [6.45, 7) is 7.51. The Morgan fingerprint density at radius 1 is 1.50 bits per heavy atom. The molecule has 10 heavy (non-hydrogen) atoms. The predicted molar refractivity (Wildman–Crippen MR) is 44.4 cm³/mol. The van der Waals surface area contributed by atoms with Crippen molar-refractivity contribution in [3.8, 4) is 0 Å². The highest BCUT2D eigenvalue weighted by molar-refractivity contribution is 8.13. The third-order valence-electron chi connectivity index (χ3n) is 0.652. The molecule has 0 atom stereocenters. The minimum atomic E-state index is -0.348. The summed E-state index contributed by atoms with van der Waals surface area (Å²) >= 11 is 1.20. The monoisotopic (exact) mass is 162 g/mol. The van der Waals surface area contributed by atoms with Crippen LogP contribution in [-0.2, 0) is 4.74 Å². The lowest BCUT2D eigenvalue weighted by Gasteiger charge is -2.18. The van der Waals surface area contributed by atoms with Crippen molar-refractivity contribution in [1.82, 2.24) is 0 Å². The Morgan fingerprint density at radius 2 is 2.00 bits per heavy atom. The summed E-state index contributed by atoms with van der Waals surface area (Å²) in [5, 5.41) is -0.185. The Bertz CT molecular complexity index is 115. The summed E-state index contributed by atoms with van der Waals surface area (Å²) in [4.78, 5) is 10.8. The lowest BCUT2D eigenvalue weighted by atomic mass is 10.2. The zero-order valence-corrected chi connectivity index (χ0v) is 7.75. The van der Waals surface area contributed by atoms with E-state index in [0.717, 1.165) is 5.75 Å². The molecule has 0 bridgehead atoms. The molecule has 0 aromatic carbocycles. The molecule has 0 aliphatic heterocycles. The van der Waals surface area contributed by atoms with Gasteiger partial charge in [-0.2, -0.15) is 0 Å². The lowest BCUT2D eigenvalue weighted by Crippen LogP contribution is -2.21. The van der Waals surface area contributed by atoms with Gasteiger partial charge in [0.2, 0.25) is 0 Å². The second-order valence-electron chi connectivity index (χ2n) is 2.90. The normalized spacial score (nSPS) is 11.2. The van der Waals surface area contributed by atoms with Gasteiger partial charge in [0.15, 0.2) is 0 Å². The van der Waals surface area contributed by atoms with Crippen molar-refractivity contribution in [2.24, 2.45) is 0 Å². The molecule has 0 N–H and O–H groups in total. The van der Waals surface area contributed by atoms with E-state index in [4.69, 9.17) is 4.74 Å². The maximum absolute atomic E-state index is 10.8. The van der Waals surface area contributed by atoms with Crippen LogP contribution in [0.25, 0.3) is 0 Å². The molecular weight excluding hydrogens is 148 g/mol. The van der Waals surface area contributed by atoms with E-state index in [1.807, 2.05) is 27.7 Å². The predicted octanol–water partition coefficient (Wildman–Crippen LogP) is 2.67. The highest BCUT2D eigenvalue weighted by atomic mass is 32.2. The summed E-state index contributed by atoms with van der Waals surface area (Å²) in [6, 6.07) is 0. The number of rotatable bonds is 1. The van der Waals surface area contributed by atoms with Crippen LogP contribution in [0.2, 0.25) is 0 Å². The van der Waals surface area contributed by atoms with Crippen LogP contribution in [0, 0.1) is 0 Å². The maximum atomic E-state index is 10.8. The van der Waals surface area contributed by atoms with Crippen molar-refractivity contribution in [3.63, 3.8) is 0 Å². The molecular formula is C7H14O2S. The summed E-state index contributed by atoms with van der Waals surface area (Å²) in [7, 11) is 0. The molecule has 0 unspecified atom stereocenters. The molecule has 0 aromatic heterocycles. The molecule has 0 saturated heterocycles. The van der Waals surface area contributed by atoms with Gasteiger partial charge in [0, 0.05) is 5.75 Å². The maximum Gasteiger partial charge on any atom is 0.367 e. The van der Waals surface area contributed by atoms with Crippen molar-refractivity contribution >= 4 is 17.1 Å². The van der Waals surface area contributed by atoms with Gasteiger partial charge in [0.1, 0.15) is 5.60 Å². The van der Waals surface area contributed by atoms with Crippen molar-refractivity contribution in [3.05, 3.63) is 0 Å². The van der Waals surface area contributed by atoms with Gasteiger partial charge in [-0.1, -0.05) is 6.92 Å².